The van der Waals surface area contributed by atoms with Crippen LogP contribution in [0.4, 0.5) is 0 Å². The highest BCUT2D eigenvalue weighted by Gasteiger charge is 2.37. The van der Waals surface area contributed by atoms with Crippen molar-refractivity contribution in [1.29, 1.82) is 0 Å². The lowest BCUT2D eigenvalue weighted by Crippen LogP contribution is -2.62. The molecule has 122 valence electrons. The van der Waals surface area contributed by atoms with Gasteiger partial charge in [0, 0.05) is 20.3 Å². The quantitative estimate of drug-likeness (QED) is 0.640. The molecule has 0 spiro atoms. The van der Waals surface area contributed by atoms with Crippen molar-refractivity contribution in [2.24, 2.45) is 5.92 Å². The number of carbonyl (C=O) groups is 2. The minimum atomic E-state index is -0.403. The van der Waals surface area contributed by atoms with Crippen molar-refractivity contribution in [1.82, 2.24) is 10.2 Å². The van der Waals surface area contributed by atoms with Crippen LogP contribution < -0.4 is 5.32 Å². The summed E-state index contributed by atoms with van der Waals surface area (Å²) < 4.78 is 10.3. The van der Waals surface area contributed by atoms with E-state index in [1.807, 2.05) is 13.8 Å². The van der Waals surface area contributed by atoms with Gasteiger partial charge in [0.2, 0.25) is 11.8 Å². The van der Waals surface area contributed by atoms with Crippen molar-refractivity contribution in [3.63, 3.8) is 0 Å². The molecular weight excluding hydrogens is 272 g/mol. The molecule has 1 aliphatic heterocycles. The molecule has 21 heavy (non-hydrogen) atoms. The van der Waals surface area contributed by atoms with Crippen molar-refractivity contribution < 1.29 is 19.1 Å². The van der Waals surface area contributed by atoms with Gasteiger partial charge >= 0.3 is 0 Å². The third kappa shape index (κ3) is 5.63. The van der Waals surface area contributed by atoms with Gasteiger partial charge in [0.25, 0.3) is 0 Å². The van der Waals surface area contributed by atoms with Crippen LogP contribution in [0.2, 0.25) is 0 Å². The van der Waals surface area contributed by atoms with Crippen molar-refractivity contribution in [3.05, 3.63) is 0 Å². The van der Waals surface area contributed by atoms with E-state index in [1.54, 1.807) is 18.9 Å². The maximum absolute atomic E-state index is 12.4. The lowest BCUT2D eigenvalue weighted by molar-refractivity contribution is -0.149. The summed E-state index contributed by atoms with van der Waals surface area (Å²) in [5, 5.41) is 2.82. The second kappa shape index (κ2) is 9.00. The van der Waals surface area contributed by atoms with Crippen LogP contribution in [0.5, 0.6) is 0 Å². The predicted octanol–water partition coefficient (Wildman–Crippen LogP) is 0.801. The molecule has 1 saturated heterocycles. The smallest absolute Gasteiger partial charge is 0.245 e. The minimum Gasteiger partial charge on any atom is -0.382 e. The van der Waals surface area contributed by atoms with Crippen LogP contribution in [0, 0.1) is 5.92 Å². The van der Waals surface area contributed by atoms with Gasteiger partial charge in [-0.25, -0.2) is 0 Å². The Labute approximate surface area is 127 Å². The first-order chi connectivity index (χ1) is 9.97. The van der Waals surface area contributed by atoms with Crippen LogP contribution in [-0.2, 0) is 19.1 Å². The van der Waals surface area contributed by atoms with Crippen molar-refractivity contribution in [3.8, 4) is 0 Å². The van der Waals surface area contributed by atoms with E-state index in [-0.39, 0.29) is 17.9 Å². The number of piperazine rings is 1. The third-order valence-electron chi connectivity index (χ3n) is 3.57. The molecule has 0 bridgehead atoms. The first-order valence-corrected chi connectivity index (χ1v) is 7.65. The maximum atomic E-state index is 12.4. The minimum absolute atomic E-state index is 0.0210. The Hall–Kier alpha value is -1.14. The van der Waals surface area contributed by atoms with Crippen LogP contribution in [0.15, 0.2) is 0 Å². The first-order valence-electron chi connectivity index (χ1n) is 7.65. The van der Waals surface area contributed by atoms with Crippen LogP contribution in [-0.4, -0.2) is 62.3 Å². The fraction of sp³-hybridized carbons (Fsp3) is 0.867. The molecule has 6 nitrogen and oxygen atoms in total. The Morgan fingerprint density at radius 3 is 2.57 bits per heavy atom. The van der Waals surface area contributed by atoms with E-state index in [9.17, 15) is 9.59 Å². The number of nitrogens with zero attached hydrogens (tertiary/aromatic N) is 1. The summed E-state index contributed by atoms with van der Waals surface area (Å²) in [5.74, 6) is 0.320. The van der Waals surface area contributed by atoms with Crippen LogP contribution in [0.3, 0.4) is 0 Å². The average molecular weight is 300 g/mol. The van der Waals surface area contributed by atoms with Gasteiger partial charge in [-0.15, -0.1) is 0 Å². The Bertz CT molecular complexity index is 347. The molecule has 0 aromatic heterocycles. The summed E-state index contributed by atoms with van der Waals surface area (Å²) >= 11 is 0. The molecule has 0 radical (unpaired) electrons. The fourth-order valence-corrected chi connectivity index (χ4v) is 2.40. The van der Waals surface area contributed by atoms with Gasteiger partial charge in [-0.1, -0.05) is 13.8 Å². The maximum Gasteiger partial charge on any atom is 0.245 e. The van der Waals surface area contributed by atoms with Gasteiger partial charge in [0.05, 0.1) is 13.2 Å². The molecule has 1 fully saturated rings. The number of hydrogen-bond donors (Lipinski definition) is 1. The fourth-order valence-electron chi connectivity index (χ4n) is 2.40. The molecule has 1 rings (SSSR count). The predicted molar refractivity (Wildman–Crippen MR) is 79.9 cm³/mol. The summed E-state index contributed by atoms with van der Waals surface area (Å²) in [6, 6.07) is -0.789. The van der Waals surface area contributed by atoms with E-state index in [4.69, 9.17) is 9.47 Å². The zero-order valence-corrected chi connectivity index (χ0v) is 13.6. The number of hydrogen-bond acceptors (Lipinski definition) is 4. The first kappa shape index (κ1) is 17.9. The number of methoxy groups -OCH3 is 1. The molecule has 0 aromatic carbocycles. The van der Waals surface area contributed by atoms with E-state index < -0.39 is 6.04 Å². The van der Waals surface area contributed by atoms with Crippen molar-refractivity contribution >= 4 is 11.8 Å². The number of ether oxygens (including phenoxy) is 2. The van der Waals surface area contributed by atoms with Gasteiger partial charge < -0.3 is 19.7 Å². The lowest BCUT2D eigenvalue weighted by Gasteiger charge is -2.38. The van der Waals surface area contributed by atoms with E-state index in [0.29, 0.717) is 38.7 Å². The molecule has 0 aliphatic carbocycles. The molecule has 0 aromatic rings. The van der Waals surface area contributed by atoms with Gasteiger partial charge in [-0.3, -0.25) is 9.59 Å². The molecular formula is C15H28N2O4. The lowest BCUT2D eigenvalue weighted by atomic mass is 9.99. The molecule has 0 saturated carbocycles. The largest absolute Gasteiger partial charge is 0.382 e. The molecule has 1 aliphatic rings. The van der Waals surface area contributed by atoms with Crippen LogP contribution in [0.25, 0.3) is 0 Å². The molecule has 6 heteroatoms. The Morgan fingerprint density at radius 1 is 1.24 bits per heavy atom. The standard InChI is InChI=1S/C15H28N2O4/c1-11(2)10-13-15(19)17(12(3)14(18)16-13)6-5-7-21-9-8-20-4/h11-13H,5-10H2,1-4H3,(H,16,18). The molecule has 2 amide bonds. The Balaban J connectivity index is 2.45. The molecule has 1 heterocycles. The number of rotatable bonds is 9. The molecule has 2 atom stereocenters. The number of amides is 2. The topological polar surface area (TPSA) is 67.9 Å². The SMILES string of the molecule is COCCOCCCN1C(=O)C(CC(C)C)NC(=O)C1C. The van der Waals surface area contributed by atoms with Gasteiger partial charge in [0.1, 0.15) is 12.1 Å². The van der Waals surface area contributed by atoms with Crippen LogP contribution >= 0.6 is 0 Å². The number of carbonyl (C=O) groups excluding carboxylic acids is 2. The third-order valence-corrected chi connectivity index (χ3v) is 3.57. The molecule has 1 N–H and O–H groups in total. The zero-order chi connectivity index (χ0) is 15.8. The summed E-state index contributed by atoms with van der Waals surface area (Å²) in [4.78, 5) is 26.1. The van der Waals surface area contributed by atoms with Crippen molar-refractivity contribution in [2.75, 3.05) is 33.5 Å². The normalized spacial score (nSPS) is 22.8. The van der Waals surface area contributed by atoms with Gasteiger partial charge in [-0.2, -0.15) is 0 Å². The van der Waals surface area contributed by atoms with Crippen LogP contribution in [0.1, 0.15) is 33.6 Å². The highest BCUT2D eigenvalue weighted by molar-refractivity contribution is 5.96. The molecule has 2 unspecified atom stereocenters. The van der Waals surface area contributed by atoms with E-state index in [2.05, 4.69) is 5.32 Å². The summed E-state index contributed by atoms with van der Waals surface area (Å²) in [6.45, 7) is 8.10. The second-order valence-corrected chi connectivity index (χ2v) is 5.86. The summed E-state index contributed by atoms with van der Waals surface area (Å²) in [7, 11) is 1.63. The average Bonchev–Trinajstić information content (AvgIpc) is 2.42. The van der Waals surface area contributed by atoms with E-state index >= 15 is 0 Å². The Morgan fingerprint density at radius 2 is 1.95 bits per heavy atom. The second-order valence-electron chi connectivity index (χ2n) is 5.86. The monoisotopic (exact) mass is 300 g/mol. The highest BCUT2D eigenvalue weighted by Crippen LogP contribution is 2.15. The van der Waals surface area contributed by atoms with Gasteiger partial charge in [-0.05, 0) is 25.7 Å². The van der Waals surface area contributed by atoms with E-state index in [1.165, 1.54) is 0 Å². The zero-order valence-electron chi connectivity index (χ0n) is 13.6. The van der Waals surface area contributed by atoms with Crippen molar-refractivity contribution in [2.45, 2.75) is 45.7 Å². The number of nitrogens with one attached hydrogen (secondary N) is 1. The van der Waals surface area contributed by atoms with E-state index in [0.717, 1.165) is 6.42 Å². The Kier molecular flexibility index (Phi) is 7.67. The summed E-state index contributed by atoms with van der Waals surface area (Å²) in [5.41, 5.74) is 0. The van der Waals surface area contributed by atoms with Gasteiger partial charge in [0.15, 0.2) is 0 Å². The summed E-state index contributed by atoms with van der Waals surface area (Å²) in [6.07, 6.45) is 1.40. The highest BCUT2D eigenvalue weighted by atomic mass is 16.5.